The maximum Gasteiger partial charge on any atom is 0.573 e. The molecule has 1 aliphatic rings. The Labute approximate surface area is 200 Å². The molecule has 0 aromatic heterocycles. The number of hydrogen-bond acceptors (Lipinski definition) is 8. The highest BCUT2D eigenvalue weighted by molar-refractivity contribution is 7.89. The number of alkyl halides is 3. The number of ether oxygens (including phenoxy) is 4. The van der Waals surface area contributed by atoms with Crippen molar-refractivity contribution in [3.63, 3.8) is 0 Å². The molecule has 2 aromatic carbocycles. The molecule has 0 atom stereocenters. The molecule has 0 bridgehead atoms. The molecule has 194 valence electrons. The van der Waals surface area contributed by atoms with Gasteiger partial charge in [0, 0.05) is 38.3 Å². The van der Waals surface area contributed by atoms with Crippen molar-refractivity contribution in [2.75, 3.05) is 47.5 Å². The van der Waals surface area contributed by atoms with Gasteiger partial charge in [-0.3, -0.25) is 0 Å². The average Bonchev–Trinajstić information content (AvgIpc) is 2.82. The smallest absolute Gasteiger partial charge is 0.493 e. The van der Waals surface area contributed by atoms with E-state index in [1.807, 2.05) is 0 Å². The first-order valence-electron chi connectivity index (χ1n) is 9.99. The summed E-state index contributed by atoms with van der Waals surface area (Å²) >= 11 is 0. The molecule has 1 heterocycles. The first kappa shape index (κ1) is 26.8. The van der Waals surface area contributed by atoms with E-state index in [9.17, 15) is 30.0 Å². The average molecular weight is 541 g/mol. The second-order valence-electron chi connectivity index (χ2n) is 7.19. The molecule has 35 heavy (non-hydrogen) atoms. The number of benzene rings is 2. The predicted molar refractivity (Wildman–Crippen MR) is 117 cm³/mol. The van der Waals surface area contributed by atoms with Crippen LogP contribution in [0.4, 0.5) is 13.2 Å². The van der Waals surface area contributed by atoms with E-state index in [0.29, 0.717) is 11.8 Å². The minimum absolute atomic E-state index is 0.0597. The lowest BCUT2D eigenvalue weighted by molar-refractivity contribution is -0.275. The van der Waals surface area contributed by atoms with E-state index in [2.05, 4.69) is 4.74 Å². The molecule has 0 spiro atoms. The van der Waals surface area contributed by atoms with Crippen molar-refractivity contribution < 1.29 is 49.0 Å². The molecular formula is C20H23F3N2O8S2. The molecular weight excluding hydrogens is 517 g/mol. The van der Waals surface area contributed by atoms with Crippen LogP contribution < -0.4 is 18.9 Å². The zero-order chi connectivity index (χ0) is 26.0. The van der Waals surface area contributed by atoms with Crippen LogP contribution in [0.15, 0.2) is 46.2 Å². The summed E-state index contributed by atoms with van der Waals surface area (Å²) < 4.78 is 111. The van der Waals surface area contributed by atoms with E-state index in [0.717, 1.165) is 27.9 Å². The Hall–Kier alpha value is -2.75. The van der Waals surface area contributed by atoms with E-state index < -0.39 is 37.1 Å². The molecule has 1 fully saturated rings. The first-order chi connectivity index (χ1) is 16.3. The SMILES string of the molecule is COc1ccc(S(=O)(=O)N2CCN(S(=O)(=O)c3ccc(OC)c(OC(F)(F)F)c3)CC2)cc1OC. The van der Waals surface area contributed by atoms with E-state index in [1.54, 1.807) is 0 Å². The van der Waals surface area contributed by atoms with Crippen LogP contribution >= 0.6 is 0 Å². The van der Waals surface area contributed by atoms with Gasteiger partial charge in [-0.2, -0.15) is 8.61 Å². The van der Waals surface area contributed by atoms with E-state index >= 15 is 0 Å². The van der Waals surface area contributed by atoms with Gasteiger partial charge in [-0.15, -0.1) is 13.2 Å². The summed E-state index contributed by atoms with van der Waals surface area (Å²) in [4.78, 5) is -0.510. The molecule has 0 aliphatic carbocycles. The lowest BCUT2D eigenvalue weighted by Crippen LogP contribution is -2.50. The number of nitrogens with zero attached hydrogens (tertiary/aromatic N) is 2. The fraction of sp³-hybridized carbons (Fsp3) is 0.400. The number of hydrogen-bond donors (Lipinski definition) is 0. The normalized spacial score (nSPS) is 16.1. The Balaban J connectivity index is 1.80. The standard InChI is InChI=1S/C20H23F3N2O8S2/c1-30-16-6-4-14(12-18(16)32-3)34(26,27)24-8-10-25(11-9-24)35(28,29)15-5-7-17(31-2)19(13-15)33-20(21,22)23/h4-7,12-13H,8-11H2,1-3H3. The van der Waals surface area contributed by atoms with E-state index in [4.69, 9.17) is 14.2 Å². The third-order valence-corrected chi connectivity index (χ3v) is 8.98. The van der Waals surface area contributed by atoms with Crippen LogP contribution in [0.1, 0.15) is 0 Å². The Morgan fingerprint density at radius 1 is 0.657 bits per heavy atom. The fourth-order valence-electron chi connectivity index (χ4n) is 3.45. The van der Waals surface area contributed by atoms with Crippen LogP contribution in [0.25, 0.3) is 0 Å². The highest BCUT2D eigenvalue weighted by Crippen LogP contribution is 2.35. The van der Waals surface area contributed by atoms with Crippen LogP contribution in [0.2, 0.25) is 0 Å². The Morgan fingerprint density at radius 3 is 1.40 bits per heavy atom. The first-order valence-corrected chi connectivity index (χ1v) is 12.9. The maximum absolute atomic E-state index is 13.1. The molecule has 0 N–H and O–H groups in total. The van der Waals surface area contributed by atoms with Gasteiger partial charge in [0.2, 0.25) is 20.0 Å². The van der Waals surface area contributed by atoms with Crippen molar-refractivity contribution in [2.24, 2.45) is 0 Å². The van der Waals surface area contributed by atoms with Crippen molar-refractivity contribution in [1.82, 2.24) is 8.61 Å². The van der Waals surface area contributed by atoms with Gasteiger partial charge >= 0.3 is 6.36 Å². The van der Waals surface area contributed by atoms with Crippen LogP contribution in [0, 0.1) is 0 Å². The second kappa shape index (κ2) is 10.1. The maximum atomic E-state index is 13.1. The Bertz CT molecular complexity index is 1280. The molecule has 0 radical (unpaired) electrons. The topological polar surface area (TPSA) is 112 Å². The summed E-state index contributed by atoms with van der Waals surface area (Å²) in [5, 5.41) is 0. The highest BCUT2D eigenvalue weighted by Gasteiger charge is 2.36. The van der Waals surface area contributed by atoms with Gasteiger partial charge in [0.05, 0.1) is 31.1 Å². The fourth-order valence-corrected chi connectivity index (χ4v) is 6.32. The molecule has 0 unspecified atom stereocenters. The van der Waals surface area contributed by atoms with Gasteiger partial charge in [0.25, 0.3) is 0 Å². The van der Waals surface area contributed by atoms with Gasteiger partial charge in [-0.05, 0) is 24.3 Å². The van der Waals surface area contributed by atoms with Crippen LogP contribution in [0.3, 0.4) is 0 Å². The number of halogens is 3. The van der Waals surface area contributed by atoms with Crippen molar-refractivity contribution in [3.8, 4) is 23.0 Å². The second-order valence-corrected chi connectivity index (χ2v) is 11.1. The molecule has 2 aromatic rings. The minimum atomic E-state index is -5.06. The van der Waals surface area contributed by atoms with Crippen molar-refractivity contribution >= 4 is 20.0 Å². The van der Waals surface area contributed by atoms with Crippen molar-refractivity contribution in [3.05, 3.63) is 36.4 Å². The monoisotopic (exact) mass is 540 g/mol. The highest BCUT2D eigenvalue weighted by atomic mass is 32.2. The Kier molecular flexibility index (Phi) is 7.74. The van der Waals surface area contributed by atoms with Crippen LogP contribution in [-0.2, 0) is 20.0 Å². The van der Waals surface area contributed by atoms with Gasteiger partial charge in [0.1, 0.15) is 0 Å². The summed E-state index contributed by atoms with van der Waals surface area (Å²) in [6.45, 7) is -0.761. The number of rotatable bonds is 8. The van der Waals surface area contributed by atoms with Gasteiger partial charge in [-0.25, -0.2) is 16.8 Å². The summed E-state index contributed by atoms with van der Waals surface area (Å²) in [6, 6.07) is 6.94. The quantitative estimate of drug-likeness (QED) is 0.502. The molecule has 1 aliphatic heterocycles. The molecule has 0 amide bonds. The number of sulfonamides is 2. The van der Waals surface area contributed by atoms with E-state index in [1.165, 1.54) is 32.4 Å². The largest absolute Gasteiger partial charge is 0.573 e. The summed E-state index contributed by atoms with van der Waals surface area (Å²) in [6.07, 6.45) is -5.06. The van der Waals surface area contributed by atoms with Crippen molar-refractivity contribution in [1.29, 1.82) is 0 Å². The zero-order valence-corrected chi connectivity index (χ0v) is 20.5. The zero-order valence-electron chi connectivity index (χ0n) is 18.9. The Morgan fingerprint density at radius 2 is 1.03 bits per heavy atom. The number of methoxy groups -OCH3 is 3. The van der Waals surface area contributed by atoms with Gasteiger partial charge < -0.3 is 18.9 Å². The third-order valence-electron chi connectivity index (χ3n) is 5.19. The summed E-state index contributed by atoms with van der Waals surface area (Å²) in [5.41, 5.74) is 0. The van der Waals surface area contributed by atoms with Gasteiger partial charge in [-0.1, -0.05) is 0 Å². The molecule has 0 saturated carbocycles. The third kappa shape index (κ3) is 5.74. The molecule has 1 saturated heterocycles. The lowest BCUT2D eigenvalue weighted by atomic mass is 10.3. The van der Waals surface area contributed by atoms with Crippen LogP contribution in [0.5, 0.6) is 23.0 Å². The summed E-state index contributed by atoms with van der Waals surface area (Å²) in [7, 11) is -4.33. The summed E-state index contributed by atoms with van der Waals surface area (Å²) in [5.74, 6) is -0.551. The van der Waals surface area contributed by atoms with Crippen molar-refractivity contribution in [2.45, 2.75) is 16.2 Å². The molecule has 10 nitrogen and oxygen atoms in total. The predicted octanol–water partition coefficient (Wildman–Crippen LogP) is 2.31. The minimum Gasteiger partial charge on any atom is -0.493 e. The number of piperazine rings is 1. The molecule has 15 heteroatoms. The van der Waals surface area contributed by atoms with E-state index in [-0.39, 0.29) is 42.6 Å². The van der Waals surface area contributed by atoms with Crippen LogP contribution in [-0.4, -0.2) is 79.3 Å². The van der Waals surface area contributed by atoms with Gasteiger partial charge in [0.15, 0.2) is 23.0 Å². The molecule has 3 rings (SSSR count). The lowest BCUT2D eigenvalue weighted by Gasteiger charge is -2.33.